The van der Waals surface area contributed by atoms with Crippen LogP contribution >= 0.6 is 11.6 Å². The molecule has 1 N–H and O–H groups in total. The summed E-state index contributed by atoms with van der Waals surface area (Å²) in [5, 5.41) is 20.5. The van der Waals surface area contributed by atoms with E-state index in [0.717, 1.165) is 12.1 Å². The van der Waals surface area contributed by atoms with Gasteiger partial charge in [-0.15, -0.1) is 0 Å². The zero-order chi connectivity index (χ0) is 14.8. The summed E-state index contributed by atoms with van der Waals surface area (Å²) in [4.78, 5) is 11.9. The van der Waals surface area contributed by atoms with Crippen molar-refractivity contribution in [1.29, 1.82) is 0 Å². The Hall–Kier alpha value is -1.40. The Kier molecular flexibility index (Phi) is 4.70. The highest BCUT2D eigenvalue weighted by molar-refractivity contribution is 6.31. The van der Waals surface area contributed by atoms with Gasteiger partial charge in [0, 0.05) is 25.2 Å². The minimum absolute atomic E-state index is 0.108. The van der Waals surface area contributed by atoms with Crippen LogP contribution in [0.15, 0.2) is 12.1 Å². The molecule has 0 radical (unpaired) electrons. The molecule has 0 heterocycles. The van der Waals surface area contributed by atoms with Crippen LogP contribution in [0.3, 0.4) is 0 Å². The van der Waals surface area contributed by atoms with Crippen molar-refractivity contribution in [1.82, 2.24) is 0 Å². The number of halogens is 2. The molecule has 0 aliphatic carbocycles. The minimum Gasteiger partial charge on any atom is -0.389 e. The predicted molar refractivity (Wildman–Crippen MR) is 72.2 cm³/mol. The standard InChI is InChI=1S/C12H16ClFN2O3/c1-4-15(7-12(2,3)17)10-6-9(14)8(13)5-11(10)16(18)19/h5-6,17H,4,7H2,1-3H3. The summed E-state index contributed by atoms with van der Waals surface area (Å²) in [7, 11) is 0. The normalized spacial score (nSPS) is 11.5. The van der Waals surface area contributed by atoms with E-state index in [-0.39, 0.29) is 22.9 Å². The van der Waals surface area contributed by atoms with E-state index in [9.17, 15) is 19.6 Å². The molecule has 19 heavy (non-hydrogen) atoms. The van der Waals surface area contributed by atoms with Gasteiger partial charge in [-0.1, -0.05) is 11.6 Å². The first-order chi connectivity index (χ1) is 8.65. The Morgan fingerprint density at radius 2 is 2.11 bits per heavy atom. The zero-order valence-corrected chi connectivity index (χ0v) is 11.7. The monoisotopic (exact) mass is 290 g/mol. The number of rotatable bonds is 5. The molecule has 0 aliphatic heterocycles. The fourth-order valence-corrected chi connectivity index (χ4v) is 1.92. The summed E-state index contributed by atoms with van der Waals surface area (Å²) in [5.74, 6) is -0.725. The lowest BCUT2D eigenvalue weighted by Crippen LogP contribution is -2.39. The maximum atomic E-state index is 13.5. The molecule has 0 aromatic heterocycles. The van der Waals surface area contributed by atoms with Gasteiger partial charge in [0.05, 0.1) is 15.5 Å². The van der Waals surface area contributed by atoms with Crippen LogP contribution < -0.4 is 4.90 Å². The van der Waals surface area contributed by atoms with Gasteiger partial charge in [0.25, 0.3) is 5.69 Å². The number of nitro groups is 1. The van der Waals surface area contributed by atoms with Gasteiger partial charge in [0.15, 0.2) is 0 Å². The topological polar surface area (TPSA) is 66.6 Å². The van der Waals surface area contributed by atoms with Crippen molar-refractivity contribution in [3.8, 4) is 0 Å². The lowest BCUT2D eigenvalue weighted by atomic mass is 10.1. The number of aliphatic hydroxyl groups is 1. The van der Waals surface area contributed by atoms with Gasteiger partial charge in [-0.05, 0) is 20.8 Å². The highest BCUT2D eigenvalue weighted by Crippen LogP contribution is 2.33. The van der Waals surface area contributed by atoms with Gasteiger partial charge in [-0.2, -0.15) is 0 Å². The molecule has 106 valence electrons. The minimum atomic E-state index is -1.06. The second-order valence-corrected chi connectivity index (χ2v) is 5.25. The number of anilines is 1. The van der Waals surface area contributed by atoms with Gasteiger partial charge in [0.1, 0.15) is 11.5 Å². The maximum absolute atomic E-state index is 13.5. The van der Waals surface area contributed by atoms with E-state index < -0.39 is 16.3 Å². The molecule has 0 saturated carbocycles. The second-order valence-electron chi connectivity index (χ2n) is 4.84. The first kappa shape index (κ1) is 15.7. The molecule has 5 nitrogen and oxygen atoms in total. The van der Waals surface area contributed by atoms with Gasteiger partial charge >= 0.3 is 0 Å². The molecular formula is C12H16ClFN2O3. The van der Waals surface area contributed by atoms with Crippen molar-refractivity contribution < 1.29 is 14.4 Å². The quantitative estimate of drug-likeness (QED) is 0.669. The van der Waals surface area contributed by atoms with Crippen molar-refractivity contribution >= 4 is 23.0 Å². The summed E-state index contributed by atoms with van der Waals surface area (Å²) >= 11 is 5.56. The van der Waals surface area contributed by atoms with Crippen molar-refractivity contribution in [2.75, 3.05) is 18.0 Å². The Balaban J connectivity index is 3.29. The van der Waals surface area contributed by atoms with Crippen LogP contribution in [-0.4, -0.2) is 28.7 Å². The number of benzene rings is 1. The SMILES string of the molecule is CCN(CC(C)(C)O)c1cc(F)c(Cl)cc1[N+](=O)[O-]. The number of hydrogen-bond acceptors (Lipinski definition) is 4. The van der Waals surface area contributed by atoms with E-state index in [1.165, 1.54) is 4.90 Å². The molecule has 0 unspecified atom stereocenters. The zero-order valence-electron chi connectivity index (χ0n) is 11.0. The molecule has 1 aromatic carbocycles. The Morgan fingerprint density at radius 3 is 2.53 bits per heavy atom. The lowest BCUT2D eigenvalue weighted by Gasteiger charge is -2.29. The van der Waals surface area contributed by atoms with Gasteiger partial charge in [-0.25, -0.2) is 4.39 Å². The molecule has 0 atom stereocenters. The van der Waals surface area contributed by atoms with Gasteiger partial charge in [0.2, 0.25) is 0 Å². The molecule has 0 aliphatic rings. The summed E-state index contributed by atoms with van der Waals surface area (Å²) in [6.07, 6.45) is 0. The van der Waals surface area contributed by atoms with Crippen molar-refractivity contribution in [2.45, 2.75) is 26.4 Å². The third kappa shape index (κ3) is 4.04. The Morgan fingerprint density at radius 1 is 1.53 bits per heavy atom. The third-order valence-corrected chi connectivity index (χ3v) is 2.80. The average Bonchev–Trinajstić information content (AvgIpc) is 2.27. The average molecular weight is 291 g/mol. The fourth-order valence-electron chi connectivity index (χ4n) is 1.76. The number of nitrogens with zero attached hydrogens (tertiary/aromatic N) is 2. The van der Waals surface area contributed by atoms with Crippen LogP contribution in [0.1, 0.15) is 20.8 Å². The van der Waals surface area contributed by atoms with Crippen LogP contribution in [-0.2, 0) is 0 Å². The lowest BCUT2D eigenvalue weighted by molar-refractivity contribution is -0.384. The molecule has 7 heteroatoms. The van der Waals surface area contributed by atoms with E-state index in [0.29, 0.717) is 6.54 Å². The van der Waals surface area contributed by atoms with Gasteiger partial charge in [-0.3, -0.25) is 10.1 Å². The van der Waals surface area contributed by atoms with E-state index in [1.807, 2.05) is 0 Å². The summed E-state index contributed by atoms with van der Waals surface area (Å²) < 4.78 is 13.5. The number of hydrogen-bond donors (Lipinski definition) is 1. The summed E-state index contributed by atoms with van der Waals surface area (Å²) in [5.41, 5.74) is -1.23. The van der Waals surface area contributed by atoms with Crippen LogP contribution in [0.25, 0.3) is 0 Å². The fraction of sp³-hybridized carbons (Fsp3) is 0.500. The van der Waals surface area contributed by atoms with Crippen LogP contribution in [0, 0.1) is 15.9 Å². The van der Waals surface area contributed by atoms with Crippen molar-refractivity contribution in [3.63, 3.8) is 0 Å². The molecule has 0 saturated heterocycles. The molecule has 0 fully saturated rings. The predicted octanol–water partition coefficient (Wildman–Crippen LogP) is 2.98. The molecule has 1 rings (SSSR count). The summed E-state index contributed by atoms with van der Waals surface area (Å²) in [6, 6.07) is 2.01. The smallest absolute Gasteiger partial charge is 0.294 e. The number of nitro benzene ring substituents is 1. The molecule has 0 bridgehead atoms. The first-order valence-corrected chi connectivity index (χ1v) is 6.14. The number of likely N-dealkylation sites (N-methyl/N-ethyl adjacent to an activating group) is 1. The van der Waals surface area contributed by atoms with Crippen LogP contribution in [0.4, 0.5) is 15.8 Å². The van der Waals surface area contributed by atoms with E-state index in [4.69, 9.17) is 11.6 Å². The van der Waals surface area contributed by atoms with Crippen molar-refractivity contribution in [2.24, 2.45) is 0 Å². The third-order valence-electron chi connectivity index (χ3n) is 2.51. The Labute approximate surface area is 115 Å². The highest BCUT2D eigenvalue weighted by atomic mass is 35.5. The summed E-state index contributed by atoms with van der Waals surface area (Å²) in [6.45, 7) is 5.46. The molecule has 0 spiro atoms. The van der Waals surface area contributed by atoms with Crippen molar-refractivity contribution in [3.05, 3.63) is 33.1 Å². The molecular weight excluding hydrogens is 275 g/mol. The first-order valence-electron chi connectivity index (χ1n) is 5.76. The molecule has 0 amide bonds. The second kappa shape index (κ2) is 5.71. The van der Waals surface area contributed by atoms with E-state index in [1.54, 1.807) is 20.8 Å². The maximum Gasteiger partial charge on any atom is 0.294 e. The van der Waals surface area contributed by atoms with E-state index >= 15 is 0 Å². The highest BCUT2D eigenvalue weighted by Gasteiger charge is 2.25. The van der Waals surface area contributed by atoms with Crippen LogP contribution in [0.2, 0.25) is 5.02 Å². The Bertz CT molecular complexity index is 489. The van der Waals surface area contributed by atoms with E-state index in [2.05, 4.69) is 0 Å². The molecule has 1 aromatic rings. The van der Waals surface area contributed by atoms with Crippen LogP contribution in [0.5, 0.6) is 0 Å². The largest absolute Gasteiger partial charge is 0.389 e. The van der Waals surface area contributed by atoms with Gasteiger partial charge < -0.3 is 10.0 Å².